The van der Waals surface area contributed by atoms with Crippen molar-refractivity contribution in [2.75, 3.05) is 38.7 Å². The lowest BCUT2D eigenvalue weighted by molar-refractivity contribution is 0.195. The van der Waals surface area contributed by atoms with E-state index in [0.29, 0.717) is 6.61 Å². The highest BCUT2D eigenvalue weighted by Crippen LogP contribution is 2.19. The van der Waals surface area contributed by atoms with Crippen LogP contribution in [0.3, 0.4) is 0 Å². The Morgan fingerprint density at radius 2 is 1.76 bits per heavy atom. The standard InChI is InChI=1S/C20H30N2O3/c1-5-15-21(3)16-9-7-8-10-17-25-19-13-11-18(12-14-19)22(4)20(23)24-6-2/h5-6,11-14H,1-2,7-10,15-17H2,3-4H3. The predicted octanol–water partition coefficient (Wildman–Crippen LogP) is 4.46. The molecule has 0 bridgehead atoms. The van der Waals surface area contributed by atoms with Crippen LogP contribution in [0.15, 0.2) is 49.8 Å². The van der Waals surface area contributed by atoms with E-state index in [0.717, 1.165) is 43.6 Å². The summed E-state index contributed by atoms with van der Waals surface area (Å²) in [5.74, 6) is 0.806. The minimum absolute atomic E-state index is 0.470. The van der Waals surface area contributed by atoms with Crippen molar-refractivity contribution in [3.63, 3.8) is 0 Å². The fraction of sp³-hybridized carbons (Fsp3) is 0.450. The normalized spacial score (nSPS) is 10.4. The van der Waals surface area contributed by atoms with E-state index in [4.69, 9.17) is 9.47 Å². The van der Waals surface area contributed by atoms with Gasteiger partial charge in [-0.25, -0.2) is 4.79 Å². The second-order valence-corrected chi connectivity index (χ2v) is 5.92. The molecule has 0 aliphatic heterocycles. The molecule has 138 valence electrons. The summed E-state index contributed by atoms with van der Waals surface area (Å²) in [6.07, 6.45) is 7.19. The lowest BCUT2D eigenvalue weighted by atomic mass is 10.2. The Kier molecular flexibility index (Phi) is 10.1. The molecule has 0 N–H and O–H groups in total. The van der Waals surface area contributed by atoms with E-state index < -0.39 is 6.09 Å². The lowest BCUT2D eigenvalue weighted by Crippen LogP contribution is -2.25. The molecule has 0 saturated heterocycles. The number of nitrogens with zero attached hydrogens (tertiary/aromatic N) is 2. The highest BCUT2D eigenvalue weighted by Gasteiger charge is 2.10. The first-order valence-electron chi connectivity index (χ1n) is 8.66. The van der Waals surface area contributed by atoms with Gasteiger partial charge in [0.15, 0.2) is 0 Å². The smallest absolute Gasteiger partial charge is 0.418 e. The summed E-state index contributed by atoms with van der Waals surface area (Å²) in [6.45, 7) is 9.87. The maximum absolute atomic E-state index is 11.6. The molecule has 1 rings (SSSR count). The Morgan fingerprint density at radius 3 is 2.40 bits per heavy atom. The van der Waals surface area contributed by atoms with Gasteiger partial charge in [-0.05, 0) is 50.7 Å². The van der Waals surface area contributed by atoms with Gasteiger partial charge in [-0.15, -0.1) is 6.58 Å². The minimum atomic E-state index is -0.470. The second kappa shape index (κ2) is 12.1. The van der Waals surface area contributed by atoms with E-state index in [9.17, 15) is 4.79 Å². The van der Waals surface area contributed by atoms with Gasteiger partial charge in [-0.2, -0.15) is 0 Å². The van der Waals surface area contributed by atoms with Gasteiger partial charge < -0.3 is 14.4 Å². The monoisotopic (exact) mass is 346 g/mol. The summed E-state index contributed by atoms with van der Waals surface area (Å²) in [6, 6.07) is 7.37. The second-order valence-electron chi connectivity index (χ2n) is 5.92. The lowest BCUT2D eigenvalue weighted by Gasteiger charge is -2.16. The molecule has 0 unspecified atom stereocenters. The number of amides is 1. The molecule has 0 aliphatic rings. The molecule has 25 heavy (non-hydrogen) atoms. The molecule has 1 aromatic rings. The van der Waals surface area contributed by atoms with Crippen molar-refractivity contribution in [3.8, 4) is 5.75 Å². The maximum atomic E-state index is 11.6. The Balaban J connectivity index is 2.20. The number of hydrogen-bond acceptors (Lipinski definition) is 4. The van der Waals surface area contributed by atoms with Gasteiger partial charge in [0.25, 0.3) is 0 Å². The van der Waals surface area contributed by atoms with Crippen LogP contribution in [0.25, 0.3) is 0 Å². The molecule has 1 amide bonds. The minimum Gasteiger partial charge on any atom is -0.494 e. The quantitative estimate of drug-likeness (QED) is 0.318. The number of anilines is 1. The fourth-order valence-corrected chi connectivity index (χ4v) is 2.36. The van der Waals surface area contributed by atoms with E-state index >= 15 is 0 Å². The van der Waals surface area contributed by atoms with Crippen LogP contribution in [-0.4, -0.2) is 44.8 Å². The van der Waals surface area contributed by atoms with Crippen LogP contribution in [0.4, 0.5) is 10.5 Å². The van der Waals surface area contributed by atoms with Gasteiger partial charge in [0.1, 0.15) is 5.75 Å². The molecule has 0 radical (unpaired) electrons. The van der Waals surface area contributed by atoms with Crippen molar-refractivity contribution in [3.05, 3.63) is 49.8 Å². The molecule has 0 aliphatic carbocycles. The van der Waals surface area contributed by atoms with Gasteiger partial charge in [0.05, 0.1) is 12.9 Å². The van der Waals surface area contributed by atoms with E-state index in [1.165, 1.54) is 17.7 Å². The summed E-state index contributed by atoms with van der Waals surface area (Å²) in [5, 5.41) is 0. The van der Waals surface area contributed by atoms with Crippen molar-refractivity contribution in [1.29, 1.82) is 0 Å². The van der Waals surface area contributed by atoms with Gasteiger partial charge in [0, 0.05) is 19.3 Å². The van der Waals surface area contributed by atoms with Crippen LogP contribution in [0.5, 0.6) is 5.75 Å². The largest absolute Gasteiger partial charge is 0.494 e. The maximum Gasteiger partial charge on any atom is 0.418 e. The highest BCUT2D eigenvalue weighted by molar-refractivity contribution is 5.87. The first-order valence-corrected chi connectivity index (χ1v) is 8.66. The first-order chi connectivity index (χ1) is 12.1. The van der Waals surface area contributed by atoms with E-state index in [1.54, 1.807) is 7.05 Å². The van der Waals surface area contributed by atoms with E-state index in [2.05, 4.69) is 25.1 Å². The zero-order valence-electron chi connectivity index (χ0n) is 15.4. The topological polar surface area (TPSA) is 42.0 Å². The average Bonchev–Trinajstić information content (AvgIpc) is 2.61. The molecule has 1 aromatic carbocycles. The molecule has 0 aromatic heterocycles. The van der Waals surface area contributed by atoms with E-state index in [1.807, 2.05) is 30.3 Å². The van der Waals surface area contributed by atoms with Crippen molar-refractivity contribution < 1.29 is 14.3 Å². The Hall–Kier alpha value is -2.27. The molecule has 0 atom stereocenters. The Bertz CT molecular complexity index is 528. The molecule has 0 spiro atoms. The number of benzene rings is 1. The van der Waals surface area contributed by atoms with Crippen LogP contribution < -0.4 is 9.64 Å². The van der Waals surface area contributed by atoms with Crippen LogP contribution >= 0.6 is 0 Å². The fourth-order valence-electron chi connectivity index (χ4n) is 2.36. The average molecular weight is 346 g/mol. The van der Waals surface area contributed by atoms with Crippen LogP contribution in [0, 0.1) is 0 Å². The van der Waals surface area contributed by atoms with Crippen molar-refractivity contribution in [1.82, 2.24) is 4.90 Å². The summed E-state index contributed by atoms with van der Waals surface area (Å²) in [7, 11) is 3.76. The number of ether oxygens (including phenoxy) is 2. The summed E-state index contributed by atoms with van der Waals surface area (Å²) in [5.41, 5.74) is 0.739. The van der Waals surface area contributed by atoms with Crippen LogP contribution in [-0.2, 0) is 4.74 Å². The number of carbonyl (C=O) groups is 1. The Morgan fingerprint density at radius 1 is 1.08 bits per heavy atom. The molecule has 5 heteroatoms. The van der Waals surface area contributed by atoms with Crippen molar-refractivity contribution >= 4 is 11.8 Å². The van der Waals surface area contributed by atoms with Crippen molar-refractivity contribution in [2.45, 2.75) is 25.7 Å². The zero-order chi connectivity index (χ0) is 18.5. The summed E-state index contributed by atoms with van der Waals surface area (Å²) >= 11 is 0. The molecular weight excluding hydrogens is 316 g/mol. The number of rotatable bonds is 12. The summed E-state index contributed by atoms with van der Waals surface area (Å²) < 4.78 is 10.5. The van der Waals surface area contributed by atoms with Gasteiger partial charge in [0.2, 0.25) is 0 Å². The molecule has 0 saturated carbocycles. The molecule has 5 nitrogen and oxygen atoms in total. The summed E-state index contributed by atoms with van der Waals surface area (Å²) in [4.78, 5) is 15.3. The third kappa shape index (κ3) is 8.40. The zero-order valence-corrected chi connectivity index (χ0v) is 15.4. The van der Waals surface area contributed by atoms with E-state index in [-0.39, 0.29) is 0 Å². The third-order valence-corrected chi connectivity index (χ3v) is 3.83. The number of carbonyl (C=O) groups excluding carboxylic acids is 1. The number of hydrogen-bond donors (Lipinski definition) is 0. The van der Waals surface area contributed by atoms with Crippen molar-refractivity contribution in [2.24, 2.45) is 0 Å². The predicted molar refractivity (Wildman–Crippen MR) is 103 cm³/mol. The van der Waals surface area contributed by atoms with Gasteiger partial charge in [-0.1, -0.05) is 25.5 Å². The molecule has 0 fully saturated rings. The third-order valence-electron chi connectivity index (χ3n) is 3.83. The number of likely N-dealkylation sites (N-methyl/N-ethyl adjacent to an activating group) is 1. The highest BCUT2D eigenvalue weighted by atomic mass is 16.5. The van der Waals surface area contributed by atoms with Crippen LogP contribution in [0.2, 0.25) is 0 Å². The molecule has 0 heterocycles. The van der Waals surface area contributed by atoms with Crippen LogP contribution in [0.1, 0.15) is 25.7 Å². The number of unbranched alkanes of at least 4 members (excludes halogenated alkanes) is 3. The van der Waals surface area contributed by atoms with Gasteiger partial charge >= 0.3 is 6.09 Å². The Labute approximate surface area is 151 Å². The molecular formula is C20H30N2O3. The van der Waals surface area contributed by atoms with Gasteiger partial charge in [-0.3, -0.25) is 4.90 Å². The first kappa shape index (κ1) is 20.8. The SMILES string of the molecule is C=CCN(C)CCCCCCOc1ccc(N(C)C(=O)OC=C)cc1.